The first-order valence-electron chi connectivity index (χ1n) is 6.26. The molecule has 20 heavy (non-hydrogen) atoms. The van der Waals surface area contributed by atoms with Gasteiger partial charge in [-0.1, -0.05) is 6.92 Å². The van der Waals surface area contributed by atoms with E-state index in [0.717, 1.165) is 11.3 Å². The topological polar surface area (TPSA) is 93.8 Å². The highest BCUT2D eigenvalue weighted by atomic mass is 32.2. The summed E-state index contributed by atoms with van der Waals surface area (Å²) in [4.78, 5) is 23.8. The summed E-state index contributed by atoms with van der Waals surface area (Å²) in [6, 6.07) is 5.21. The summed E-state index contributed by atoms with van der Waals surface area (Å²) in [7, 11) is 0. The normalized spacial score (nSPS) is 10.7. The summed E-state index contributed by atoms with van der Waals surface area (Å²) in [6.07, 6.45) is 0.846. The zero-order valence-corrected chi connectivity index (χ0v) is 12.2. The zero-order chi connectivity index (χ0) is 14.7. The van der Waals surface area contributed by atoms with E-state index in [0.29, 0.717) is 23.0 Å². The van der Waals surface area contributed by atoms with Gasteiger partial charge >= 0.3 is 5.69 Å². The van der Waals surface area contributed by atoms with Gasteiger partial charge in [0.15, 0.2) is 10.9 Å². The van der Waals surface area contributed by atoms with E-state index in [2.05, 4.69) is 10.2 Å². The Bertz CT molecular complexity index is 690. The number of H-pyrrole nitrogens is 1. The van der Waals surface area contributed by atoms with Crippen LogP contribution in [0.5, 0.6) is 0 Å². The van der Waals surface area contributed by atoms with E-state index in [-0.39, 0.29) is 11.5 Å². The van der Waals surface area contributed by atoms with Crippen LogP contribution in [0.3, 0.4) is 0 Å². The summed E-state index contributed by atoms with van der Waals surface area (Å²) >= 11 is 1.34. The van der Waals surface area contributed by atoms with Gasteiger partial charge in [-0.15, -0.1) is 5.10 Å². The summed E-state index contributed by atoms with van der Waals surface area (Å²) < 4.78 is 1.58. The molecular weight excluding hydrogens is 276 g/mol. The third-order valence-electron chi connectivity index (χ3n) is 2.78. The fraction of sp³-hybridized carbons (Fsp3) is 0.308. The van der Waals surface area contributed by atoms with Gasteiger partial charge < -0.3 is 5.73 Å². The Balaban J connectivity index is 2.29. The first-order chi connectivity index (χ1) is 9.52. The molecule has 1 heterocycles. The fourth-order valence-corrected chi connectivity index (χ4v) is 2.74. The molecule has 0 saturated heterocycles. The molecule has 7 heteroatoms. The molecule has 0 fully saturated rings. The van der Waals surface area contributed by atoms with Crippen LogP contribution in [0.25, 0.3) is 0 Å². The molecule has 1 aromatic heterocycles. The maximum Gasteiger partial charge on any atom is 0.343 e. The van der Waals surface area contributed by atoms with E-state index < -0.39 is 0 Å². The van der Waals surface area contributed by atoms with Crippen LogP contribution in [-0.2, 0) is 6.54 Å². The van der Waals surface area contributed by atoms with Crippen LogP contribution < -0.4 is 11.4 Å². The SMILES string of the molecule is CCCn1c(Sc2ccc(C(C)=O)c(N)c2)n[nH]c1=O. The molecule has 0 amide bonds. The lowest BCUT2D eigenvalue weighted by atomic mass is 10.1. The molecule has 0 aliphatic heterocycles. The van der Waals surface area contributed by atoms with Crippen molar-refractivity contribution in [2.24, 2.45) is 0 Å². The Kier molecular flexibility index (Phi) is 4.29. The van der Waals surface area contributed by atoms with Crippen molar-refractivity contribution in [3.63, 3.8) is 0 Å². The number of carbonyl (C=O) groups is 1. The van der Waals surface area contributed by atoms with Crippen LogP contribution in [0.2, 0.25) is 0 Å². The molecule has 0 saturated carbocycles. The second kappa shape index (κ2) is 5.96. The minimum absolute atomic E-state index is 0.0679. The van der Waals surface area contributed by atoms with Gasteiger partial charge in [0, 0.05) is 22.7 Å². The van der Waals surface area contributed by atoms with Crippen molar-refractivity contribution in [2.45, 2.75) is 36.9 Å². The van der Waals surface area contributed by atoms with Gasteiger partial charge in [-0.25, -0.2) is 9.89 Å². The molecule has 0 radical (unpaired) electrons. The first-order valence-corrected chi connectivity index (χ1v) is 7.08. The third kappa shape index (κ3) is 2.93. The van der Waals surface area contributed by atoms with Crippen molar-refractivity contribution in [1.29, 1.82) is 0 Å². The molecular formula is C13H16N4O2S. The number of rotatable bonds is 5. The number of benzene rings is 1. The monoisotopic (exact) mass is 292 g/mol. The molecule has 0 spiro atoms. The molecule has 0 unspecified atom stereocenters. The average Bonchev–Trinajstić information content (AvgIpc) is 2.72. The van der Waals surface area contributed by atoms with E-state index >= 15 is 0 Å². The molecule has 6 nitrogen and oxygen atoms in total. The standard InChI is InChI=1S/C13H16N4O2S/c1-3-6-17-12(19)15-16-13(17)20-9-4-5-10(8(2)18)11(14)7-9/h4-5,7H,3,6,14H2,1-2H3,(H,15,19). The highest BCUT2D eigenvalue weighted by Gasteiger charge is 2.11. The molecule has 0 aliphatic carbocycles. The summed E-state index contributed by atoms with van der Waals surface area (Å²) in [5.41, 5.74) is 6.56. The number of nitrogen functional groups attached to an aromatic ring is 1. The fourth-order valence-electron chi connectivity index (χ4n) is 1.83. The summed E-state index contributed by atoms with van der Waals surface area (Å²) in [5.74, 6) is -0.0679. The average molecular weight is 292 g/mol. The minimum atomic E-state index is -0.220. The molecule has 3 N–H and O–H groups in total. The maximum absolute atomic E-state index is 11.6. The predicted molar refractivity (Wildman–Crippen MR) is 78.1 cm³/mol. The lowest BCUT2D eigenvalue weighted by molar-refractivity contribution is 0.101. The van der Waals surface area contributed by atoms with Crippen molar-refractivity contribution in [1.82, 2.24) is 14.8 Å². The number of nitrogens with two attached hydrogens (primary N) is 1. The molecule has 0 aliphatic rings. The van der Waals surface area contributed by atoms with Crippen LogP contribution in [0.15, 0.2) is 33.0 Å². The number of hydrogen-bond acceptors (Lipinski definition) is 5. The number of Topliss-reactive ketones (excluding diaryl/α,β-unsaturated/α-hetero) is 1. The van der Waals surface area contributed by atoms with Gasteiger partial charge in [0.2, 0.25) is 0 Å². The number of ketones is 1. The lowest BCUT2D eigenvalue weighted by Crippen LogP contribution is -2.17. The highest BCUT2D eigenvalue weighted by Crippen LogP contribution is 2.28. The van der Waals surface area contributed by atoms with E-state index in [9.17, 15) is 9.59 Å². The van der Waals surface area contributed by atoms with Crippen molar-refractivity contribution < 1.29 is 4.79 Å². The van der Waals surface area contributed by atoms with Crippen LogP contribution in [0.4, 0.5) is 5.69 Å². The maximum atomic E-state index is 11.6. The van der Waals surface area contributed by atoms with Crippen molar-refractivity contribution in [3.05, 3.63) is 34.2 Å². The lowest BCUT2D eigenvalue weighted by Gasteiger charge is -2.06. The van der Waals surface area contributed by atoms with Crippen LogP contribution in [0, 0.1) is 0 Å². The predicted octanol–water partition coefficient (Wildman–Crippen LogP) is 1.92. The quantitative estimate of drug-likeness (QED) is 0.648. The Hall–Kier alpha value is -2.02. The Morgan fingerprint density at radius 1 is 1.50 bits per heavy atom. The molecule has 0 bridgehead atoms. The first kappa shape index (κ1) is 14.4. The highest BCUT2D eigenvalue weighted by molar-refractivity contribution is 7.99. The van der Waals surface area contributed by atoms with Crippen molar-refractivity contribution >= 4 is 23.2 Å². The molecule has 2 rings (SSSR count). The number of nitrogens with one attached hydrogen (secondary N) is 1. The van der Waals surface area contributed by atoms with Crippen molar-refractivity contribution in [3.8, 4) is 0 Å². The van der Waals surface area contributed by atoms with Crippen molar-refractivity contribution in [2.75, 3.05) is 5.73 Å². The van der Waals surface area contributed by atoms with Crippen LogP contribution >= 0.6 is 11.8 Å². The van der Waals surface area contributed by atoms with Gasteiger partial charge in [-0.3, -0.25) is 9.36 Å². The van der Waals surface area contributed by atoms with Gasteiger partial charge in [0.1, 0.15) is 0 Å². The largest absolute Gasteiger partial charge is 0.398 e. The molecule has 106 valence electrons. The van der Waals surface area contributed by atoms with Crippen LogP contribution in [0.1, 0.15) is 30.6 Å². The van der Waals surface area contributed by atoms with Gasteiger partial charge in [0.25, 0.3) is 0 Å². The van der Waals surface area contributed by atoms with E-state index in [1.54, 1.807) is 22.8 Å². The number of aromatic nitrogens is 3. The number of hydrogen-bond donors (Lipinski definition) is 2. The molecule has 0 atom stereocenters. The second-order valence-electron chi connectivity index (χ2n) is 4.37. The van der Waals surface area contributed by atoms with Gasteiger partial charge in [-0.05, 0) is 43.3 Å². The van der Waals surface area contributed by atoms with E-state index in [1.165, 1.54) is 18.7 Å². The second-order valence-corrected chi connectivity index (χ2v) is 5.41. The van der Waals surface area contributed by atoms with Gasteiger partial charge in [0.05, 0.1) is 0 Å². The van der Waals surface area contributed by atoms with Gasteiger partial charge in [-0.2, -0.15) is 0 Å². The molecule has 2 aromatic rings. The smallest absolute Gasteiger partial charge is 0.343 e. The Morgan fingerprint density at radius 2 is 2.25 bits per heavy atom. The third-order valence-corrected chi connectivity index (χ3v) is 3.77. The number of nitrogens with zero attached hydrogens (tertiary/aromatic N) is 2. The zero-order valence-electron chi connectivity index (χ0n) is 11.3. The van der Waals surface area contributed by atoms with Crippen LogP contribution in [-0.4, -0.2) is 20.5 Å². The number of anilines is 1. The minimum Gasteiger partial charge on any atom is -0.398 e. The Labute approximate surface area is 120 Å². The Morgan fingerprint density at radius 3 is 2.85 bits per heavy atom. The molecule has 1 aromatic carbocycles. The summed E-state index contributed by atoms with van der Waals surface area (Å²) in [6.45, 7) is 4.08. The van der Waals surface area contributed by atoms with E-state index in [4.69, 9.17) is 5.73 Å². The summed E-state index contributed by atoms with van der Waals surface area (Å²) in [5, 5.41) is 7.02. The number of carbonyl (C=O) groups excluding carboxylic acids is 1. The number of aromatic amines is 1. The van der Waals surface area contributed by atoms with E-state index in [1.807, 2.05) is 6.92 Å².